The van der Waals surface area contributed by atoms with Crippen molar-refractivity contribution in [1.82, 2.24) is 20.4 Å². The molecule has 136 valence electrons. The number of hydrogen-bond acceptors (Lipinski definition) is 3. The second-order valence-electron chi connectivity index (χ2n) is 5.77. The van der Waals surface area contributed by atoms with Gasteiger partial charge < -0.3 is 10.6 Å². The zero-order chi connectivity index (χ0) is 18.6. The molecular formula is C17H21F3N4O. The molecule has 0 aliphatic carbocycles. The first-order chi connectivity index (χ1) is 11.8. The number of para-hydroxylation sites is 1. The van der Waals surface area contributed by atoms with Crippen molar-refractivity contribution in [1.29, 1.82) is 0 Å². The predicted molar refractivity (Wildman–Crippen MR) is 88.8 cm³/mol. The molecule has 1 aromatic carbocycles. The average molecular weight is 354 g/mol. The number of likely N-dealkylation sites (N-methyl/N-ethyl adjacent to an activating group) is 1. The highest BCUT2D eigenvalue weighted by Crippen LogP contribution is 2.34. The fourth-order valence-corrected chi connectivity index (χ4v) is 2.53. The van der Waals surface area contributed by atoms with Gasteiger partial charge in [0.15, 0.2) is 5.69 Å². The van der Waals surface area contributed by atoms with Crippen LogP contribution in [-0.2, 0) is 6.18 Å². The maximum absolute atomic E-state index is 13.6. The summed E-state index contributed by atoms with van der Waals surface area (Å²) in [5.74, 6) is -0.795. The minimum atomic E-state index is -4.71. The summed E-state index contributed by atoms with van der Waals surface area (Å²) < 4.78 is 41.5. The van der Waals surface area contributed by atoms with Gasteiger partial charge in [-0.1, -0.05) is 25.1 Å². The highest BCUT2D eigenvalue weighted by molar-refractivity contribution is 5.95. The van der Waals surface area contributed by atoms with Gasteiger partial charge in [0.2, 0.25) is 0 Å². The van der Waals surface area contributed by atoms with Crippen LogP contribution in [0.3, 0.4) is 0 Å². The van der Waals surface area contributed by atoms with Crippen LogP contribution in [0.2, 0.25) is 0 Å². The number of carbonyl (C=O) groups excluding carboxylic acids is 1. The molecule has 0 fully saturated rings. The maximum Gasteiger partial charge on any atom is 0.434 e. The summed E-state index contributed by atoms with van der Waals surface area (Å²) in [6.45, 7) is 6.36. The molecule has 0 unspecified atom stereocenters. The number of amides is 1. The van der Waals surface area contributed by atoms with E-state index in [1.54, 1.807) is 25.1 Å². The van der Waals surface area contributed by atoms with E-state index in [0.717, 1.165) is 10.9 Å². The van der Waals surface area contributed by atoms with Crippen LogP contribution in [0.5, 0.6) is 0 Å². The van der Waals surface area contributed by atoms with Crippen LogP contribution < -0.4 is 10.6 Å². The monoisotopic (exact) mass is 354 g/mol. The second kappa shape index (κ2) is 7.69. The fourth-order valence-electron chi connectivity index (χ4n) is 2.53. The molecule has 2 rings (SSSR count). The highest BCUT2D eigenvalue weighted by atomic mass is 19.4. The quantitative estimate of drug-likeness (QED) is 0.839. The second-order valence-corrected chi connectivity index (χ2v) is 5.77. The van der Waals surface area contributed by atoms with Crippen LogP contribution in [0, 0.1) is 6.92 Å². The number of carbonyl (C=O) groups is 1. The minimum absolute atomic E-state index is 0.0466. The molecule has 0 aliphatic rings. The molecule has 0 saturated heterocycles. The lowest BCUT2D eigenvalue weighted by Gasteiger charge is -2.15. The lowest BCUT2D eigenvalue weighted by atomic mass is 10.1. The van der Waals surface area contributed by atoms with E-state index in [9.17, 15) is 18.0 Å². The third kappa shape index (κ3) is 4.39. The molecule has 0 saturated carbocycles. The van der Waals surface area contributed by atoms with Crippen molar-refractivity contribution in [3.63, 3.8) is 0 Å². The van der Waals surface area contributed by atoms with Gasteiger partial charge in [-0.15, -0.1) is 0 Å². The van der Waals surface area contributed by atoms with E-state index in [-0.39, 0.29) is 18.3 Å². The van der Waals surface area contributed by atoms with Gasteiger partial charge >= 0.3 is 6.18 Å². The Bertz CT molecular complexity index is 740. The van der Waals surface area contributed by atoms with Gasteiger partial charge in [-0.3, -0.25) is 4.79 Å². The number of aryl methyl sites for hydroxylation is 1. The number of hydrogen-bond donors (Lipinski definition) is 2. The first-order valence-corrected chi connectivity index (χ1v) is 7.98. The summed E-state index contributed by atoms with van der Waals surface area (Å²) in [4.78, 5) is 12.3. The average Bonchev–Trinajstić information content (AvgIpc) is 2.98. The van der Waals surface area contributed by atoms with Crippen LogP contribution in [0.4, 0.5) is 13.2 Å². The van der Waals surface area contributed by atoms with Gasteiger partial charge in [0, 0.05) is 12.6 Å². The van der Waals surface area contributed by atoms with Gasteiger partial charge in [0.05, 0.1) is 17.4 Å². The van der Waals surface area contributed by atoms with E-state index in [2.05, 4.69) is 15.7 Å². The number of aromatic nitrogens is 2. The molecule has 2 N–H and O–H groups in total. The first kappa shape index (κ1) is 19.0. The third-order valence-electron chi connectivity index (χ3n) is 3.75. The molecule has 0 spiro atoms. The van der Waals surface area contributed by atoms with Crippen molar-refractivity contribution >= 4 is 5.91 Å². The Balaban J connectivity index is 2.37. The molecule has 5 nitrogen and oxygen atoms in total. The van der Waals surface area contributed by atoms with Gasteiger partial charge in [-0.25, -0.2) is 4.68 Å². The van der Waals surface area contributed by atoms with Crippen molar-refractivity contribution in [3.05, 3.63) is 47.3 Å². The highest BCUT2D eigenvalue weighted by Gasteiger charge is 2.40. The molecule has 1 aromatic heterocycles. The number of nitrogens with one attached hydrogen (secondary N) is 2. The summed E-state index contributed by atoms with van der Waals surface area (Å²) in [5, 5.41) is 9.42. The minimum Gasteiger partial charge on any atom is -0.350 e. The molecule has 1 heterocycles. The summed E-state index contributed by atoms with van der Waals surface area (Å²) in [6.07, 6.45) is -3.75. The number of halogens is 3. The largest absolute Gasteiger partial charge is 0.434 e. The number of rotatable bonds is 6. The number of nitrogens with zero attached hydrogens (tertiary/aromatic N) is 2. The molecule has 2 aromatic rings. The van der Waals surface area contributed by atoms with Crippen LogP contribution in [0.15, 0.2) is 30.5 Å². The van der Waals surface area contributed by atoms with Crippen molar-refractivity contribution in [2.24, 2.45) is 0 Å². The molecule has 8 heteroatoms. The topological polar surface area (TPSA) is 58.9 Å². The third-order valence-corrected chi connectivity index (χ3v) is 3.75. The van der Waals surface area contributed by atoms with E-state index in [1.165, 1.54) is 6.07 Å². The van der Waals surface area contributed by atoms with Crippen LogP contribution in [0.1, 0.15) is 35.5 Å². The molecule has 1 atom stereocenters. The zero-order valence-corrected chi connectivity index (χ0v) is 14.3. The Hall–Kier alpha value is -2.35. The summed E-state index contributed by atoms with van der Waals surface area (Å²) >= 11 is 0. The number of benzene rings is 1. The van der Waals surface area contributed by atoms with Crippen LogP contribution >= 0.6 is 0 Å². The van der Waals surface area contributed by atoms with Crippen molar-refractivity contribution in [3.8, 4) is 5.69 Å². The summed E-state index contributed by atoms with van der Waals surface area (Å²) in [7, 11) is 0. The van der Waals surface area contributed by atoms with E-state index in [0.29, 0.717) is 12.1 Å². The van der Waals surface area contributed by atoms with Crippen molar-refractivity contribution in [2.45, 2.75) is 33.0 Å². The van der Waals surface area contributed by atoms with Gasteiger partial charge in [0.25, 0.3) is 5.91 Å². The summed E-state index contributed by atoms with van der Waals surface area (Å²) in [5.41, 5.74) is -0.645. The van der Waals surface area contributed by atoms with E-state index < -0.39 is 23.3 Å². The lowest BCUT2D eigenvalue weighted by Crippen LogP contribution is -2.39. The van der Waals surface area contributed by atoms with E-state index in [1.807, 2.05) is 13.8 Å². The molecule has 25 heavy (non-hydrogen) atoms. The molecule has 0 bridgehead atoms. The SMILES string of the molecule is CCN[C@H](C)CNC(=O)c1cnn(-c2ccccc2C)c1C(F)(F)F. The van der Waals surface area contributed by atoms with Crippen molar-refractivity contribution in [2.75, 3.05) is 13.1 Å². The predicted octanol–water partition coefficient (Wildman–Crippen LogP) is 2.93. The molecule has 1 amide bonds. The molecule has 0 aliphatic heterocycles. The Labute approximate surface area is 144 Å². The Kier molecular flexibility index (Phi) is 5.84. The van der Waals surface area contributed by atoms with Crippen molar-refractivity contribution < 1.29 is 18.0 Å². The van der Waals surface area contributed by atoms with Gasteiger partial charge in [0.1, 0.15) is 0 Å². The summed E-state index contributed by atoms with van der Waals surface area (Å²) in [6, 6.07) is 6.53. The Morgan fingerprint density at radius 3 is 2.60 bits per heavy atom. The standard InChI is InChI=1S/C17H21F3N4O/c1-4-21-12(3)9-22-16(25)13-10-23-24(15(13)17(18,19)20)14-8-6-5-7-11(14)2/h5-8,10,12,21H,4,9H2,1-3H3,(H,22,25)/t12-/m1/s1. The molecule has 0 radical (unpaired) electrons. The van der Waals surface area contributed by atoms with Gasteiger partial charge in [-0.05, 0) is 32.0 Å². The zero-order valence-electron chi connectivity index (χ0n) is 14.3. The van der Waals surface area contributed by atoms with E-state index >= 15 is 0 Å². The normalized spacial score (nSPS) is 12.9. The fraction of sp³-hybridized carbons (Fsp3) is 0.412. The Morgan fingerprint density at radius 2 is 2.00 bits per heavy atom. The maximum atomic E-state index is 13.6. The van der Waals surface area contributed by atoms with E-state index in [4.69, 9.17) is 0 Å². The van der Waals surface area contributed by atoms with Gasteiger partial charge in [-0.2, -0.15) is 18.3 Å². The number of alkyl halides is 3. The Morgan fingerprint density at radius 1 is 1.32 bits per heavy atom. The van der Waals surface area contributed by atoms with Crippen LogP contribution in [-0.4, -0.2) is 34.8 Å². The smallest absolute Gasteiger partial charge is 0.350 e. The first-order valence-electron chi connectivity index (χ1n) is 7.98. The molecular weight excluding hydrogens is 333 g/mol. The van der Waals surface area contributed by atoms with Crippen LogP contribution in [0.25, 0.3) is 5.69 Å². The lowest BCUT2D eigenvalue weighted by molar-refractivity contribution is -0.143.